The number of amides is 4. The molecule has 2 aliphatic rings. The molecule has 8 heteroatoms. The number of hydrogen-bond acceptors (Lipinski definition) is 4. The minimum absolute atomic E-state index is 0.117. The number of carbonyl (C=O) groups excluding carboxylic acids is 4. The van der Waals surface area contributed by atoms with Crippen molar-refractivity contribution in [2.24, 2.45) is 0 Å². The summed E-state index contributed by atoms with van der Waals surface area (Å²) < 4.78 is 0. The van der Waals surface area contributed by atoms with Crippen molar-refractivity contribution in [1.82, 2.24) is 10.2 Å². The average molecular weight is 398 g/mol. The summed E-state index contributed by atoms with van der Waals surface area (Å²) in [6.07, 6.45) is 0.149. The van der Waals surface area contributed by atoms with Crippen molar-refractivity contribution in [3.8, 4) is 0 Å². The highest BCUT2D eigenvalue weighted by atomic mass is 35.5. The van der Waals surface area contributed by atoms with Gasteiger partial charge >= 0.3 is 0 Å². The van der Waals surface area contributed by atoms with Gasteiger partial charge < -0.3 is 10.2 Å². The van der Waals surface area contributed by atoms with Gasteiger partial charge in [-0.25, -0.2) is 0 Å². The lowest BCUT2D eigenvalue weighted by Gasteiger charge is -2.18. The van der Waals surface area contributed by atoms with Crippen LogP contribution in [0.5, 0.6) is 0 Å². The minimum Gasteiger partial charge on any atom is -0.349 e. The van der Waals surface area contributed by atoms with Crippen molar-refractivity contribution >= 4 is 40.9 Å². The minimum atomic E-state index is -0.485. The second-order valence-electron chi connectivity index (χ2n) is 6.69. The Balaban J connectivity index is 1.39. The third-order valence-electron chi connectivity index (χ3n) is 4.81. The van der Waals surface area contributed by atoms with Crippen molar-refractivity contribution in [3.05, 3.63) is 64.7 Å². The summed E-state index contributed by atoms with van der Waals surface area (Å²) >= 11 is 5.87. The van der Waals surface area contributed by atoms with Crippen LogP contribution >= 0.6 is 11.6 Å². The Bertz CT molecular complexity index is 954. The summed E-state index contributed by atoms with van der Waals surface area (Å²) in [5.74, 6) is -1.57. The summed E-state index contributed by atoms with van der Waals surface area (Å²) in [4.78, 5) is 51.9. The molecule has 142 valence electrons. The first-order valence-corrected chi connectivity index (χ1v) is 9.12. The molecule has 2 aromatic carbocycles. The monoisotopic (exact) mass is 397 g/mol. The fourth-order valence-electron chi connectivity index (χ4n) is 3.47. The van der Waals surface area contributed by atoms with Gasteiger partial charge in [0.2, 0.25) is 11.8 Å². The van der Waals surface area contributed by atoms with E-state index >= 15 is 0 Å². The molecule has 0 bridgehead atoms. The third kappa shape index (κ3) is 3.25. The molecule has 7 nitrogen and oxygen atoms in total. The van der Waals surface area contributed by atoms with Gasteiger partial charge in [-0.1, -0.05) is 23.7 Å². The van der Waals surface area contributed by atoms with Gasteiger partial charge in [0.25, 0.3) is 11.8 Å². The molecule has 0 saturated carbocycles. The number of anilines is 1. The van der Waals surface area contributed by atoms with Crippen LogP contribution in [0.15, 0.2) is 48.5 Å². The number of halogens is 1. The SMILES string of the molecule is O=C(CN1C(=O)c2ccccc2C1=O)N[C@@H]1CC(=O)N(c2ccc(Cl)cc2)C1. The summed E-state index contributed by atoms with van der Waals surface area (Å²) in [5.41, 5.74) is 1.29. The lowest BCUT2D eigenvalue weighted by molar-refractivity contribution is -0.122. The number of carbonyl (C=O) groups is 4. The van der Waals surface area contributed by atoms with Crippen molar-refractivity contribution < 1.29 is 19.2 Å². The van der Waals surface area contributed by atoms with Gasteiger partial charge in [-0.05, 0) is 36.4 Å². The van der Waals surface area contributed by atoms with Gasteiger partial charge in [-0.15, -0.1) is 0 Å². The molecule has 0 spiro atoms. The summed E-state index contributed by atoms with van der Waals surface area (Å²) in [6.45, 7) is -0.0632. The van der Waals surface area contributed by atoms with E-state index < -0.39 is 23.8 Å². The first kappa shape index (κ1) is 18.2. The zero-order valence-corrected chi connectivity index (χ0v) is 15.5. The van der Waals surface area contributed by atoms with E-state index in [2.05, 4.69) is 5.32 Å². The molecule has 28 heavy (non-hydrogen) atoms. The van der Waals surface area contributed by atoms with E-state index in [4.69, 9.17) is 11.6 Å². The van der Waals surface area contributed by atoms with Gasteiger partial charge in [-0.3, -0.25) is 24.1 Å². The van der Waals surface area contributed by atoms with Gasteiger partial charge in [0.05, 0.1) is 17.2 Å². The Labute approximate surface area is 165 Å². The molecule has 2 aliphatic heterocycles. The lowest BCUT2D eigenvalue weighted by atomic mass is 10.1. The normalized spacial score (nSPS) is 18.6. The van der Waals surface area contributed by atoms with Crippen LogP contribution in [0.1, 0.15) is 27.1 Å². The van der Waals surface area contributed by atoms with E-state index in [1.165, 1.54) is 0 Å². The fourth-order valence-corrected chi connectivity index (χ4v) is 3.60. The zero-order valence-electron chi connectivity index (χ0n) is 14.7. The van der Waals surface area contributed by atoms with Crippen LogP contribution in [-0.2, 0) is 9.59 Å². The molecule has 1 fully saturated rings. The molecule has 0 radical (unpaired) electrons. The van der Waals surface area contributed by atoms with Gasteiger partial charge in [0, 0.05) is 23.7 Å². The van der Waals surface area contributed by atoms with Crippen molar-refractivity contribution in [1.29, 1.82) is 0 Å². The van der Waals surface area contributed by atoms with Gasteiger partial charge in [-0.2, -0.15) is 0 Å². The van der Waals surface area contributed by atoms with Crippen LogP contribution in [0.25, 0.3) is 0 Å². The number of nitrogens with zero attached hydrogens (tertiary/aromatic N) is 2. The second kappa shape index (κ2) is 7.09. The number of rotatable bonds is 4. The van der Waals surface area contributed by atoms with Crippen LogP contribution in [0.4, 0.5) is 5.69 Å². The molecule has 2 aromatic rings. The Morgan fingerprint density at radius 2 is 1.61 bits per heavy atom. The van der Waals surface area contributed by atoms with E-state index in [0.717, 1.165) is 4.90 Å². The standard InChI is InChI=1S/C20H16ClN3O4/c21-12-5-7-14(8-6-12)23-10-13(9-18(23)26)22-17(25)11-24-19(27)15-3-1-2-4-16(15)20(24)28/h1-8,13H,9-11H2,(H,22,25)/t13-/m1/s1. The second-order valence-corrected chi connectivity index (χ2v) is 7.13. The topological polar surface area (TPSA) is 86.8 Å². The summed E-state index contributed by atoms with van der Waals surface area (Å²) in [6, 6.07) is 12.9. The van der Waals surface area contributed by atoms with Crippen LogP contribution in [0.2, 0.25) is 5.02 Å². The maximum Gasteiger partial charge on any atom is 0.262 e. The summed E-state index contributed by atoms with van der Waals surface area (Å²) in [5, 5.41) is 3.31. The highest BCUT2D eigenvalue weighted by molar-refractivity contribution is 6.30. The smallest absolute Gasteiger partial charge is 0.262 e. The number of hydrogen-bond donors (Lipinski definition) is 1. The third-order valence-corrected chi connectivity index (χ3v) is 5.06. The molecule has 1 saturated heterocycles. The van der Waals surface area contributed by atoms with E-state index in [1.54, 1.807) is 53.4 Å². The largest absolute Gasteiger partial charge is 0.349 e. The first-order valence-electron chi connectivity index (χ1n) is 8.74. The number of nitrogens with one attached hydrogen (secondary N) is 1. The molecule has 0 aliphatic carbocycles. The molecule has 1 atom stereocenters. The number of benzene rings is 2. The number of imide groups is 1. The molecular formula is C20H16ClN3O4. The highest BCUT2D eigenvalue weighted by Gasteiger charge is 2.37. The summed E-state index contributed by atoms with van der Waals surface area (Å²) in [7, 11) is 0. The van der Waals surface area contributed by atoms with E-state index in [0.29, 0.717) is 28.4 Å². The Morgan fingerprint density at radius 3 is 2.21 bits per heavy atom. The Morgan fingerprint density at radius 1 is 1.00 bits per heavy atom. The van der Waals surface area contributed by atoms with Crippen LogP contribution in [-0.4, -0.2) is 47.7 Å². The molecule has 0 aromatic heterocycles. The Hall–Kier alpha value is -3.19. The van der Waals surface area contributed by atoms with Crippen LogP contribution in [0, 0.1) is 0 Å². The van der Waals surface area contributed by atoms with Crippen LogP contribution in [0.3, 0.4) is 0 Å². The first-order chi connectivity index (χ1) is 13.4. The molecule has 4 rings (SSSR count). The van der Waals surface area contributed by atoms with Crippen molar-refractivity contribution in [2.45, 2.75) is 12.5 Å². The highest BCUT2D eigenvalue weighted by Crippen LogP contribution is 2.24. The number of fused-ring (bicyclic) bond motifs is 1. The quantitative estimate of drug-likeness (QED) is 0.798. The van der Waals surface area contributed by atoms with Crippen molar-refractivity contribution in [2.75, 3.05) is 18.0 Å². The molecule has 0 unspecified atom stereocenters. The predicted molar refractivity (Wildman–Crippen MR) is 102 cm³/mol. The van der Waals surface area contributed by atoms with E-state index in [1.807, 2.05) is 0 Å². The molecule has 2 heterocycles. The van der Waals surface area contributed by atoms with Crippen LogP contribution < -0.4 is 10.2 Å². The lowest BCUT2D eigenvalue weighted by Crippen LogP contribution is -2.44. The van der Waals surface area contributed by atoms with E-state index in [9.17, 15) is 19.2 Å². The zero-order chi connectivity index (χ0) is 19.8. The Kier molecular flexibility index (Phi) is 4.60. The maximum absolute atomic E-state index is 12.4. The van der Waals surface area contributed by atoms with Gasteiger partial charge in [0.15, 0.2) is 0 Å². The predicted octanol–water partition coefficient (Wildman–Crippen LogP) is 1.86. The molecule has 1 N–H and O–H groups in total. The van der Waals surface area contributed by atoms with Crippen molar-refractivity contribution in [3.63, 3.8) is 0 Å². The average Bonchev–Trinajstić information content (AvgIpc) is 3.15. The molecular weight excluding hydrogens is 382 g/mol. The fraction of sp³-hybridized carbons (Fsp3) is 0.200. The molecule has 4 amide bonds. The maximum atomic E-state index is 12.4. The van der Waals surface area contributed by atoms with E-state index in [-0.39, 0.29) is 18.9 Å². The van der Waals surface area contributed by atoms with Gasteiger partial charge in [0.1, 0.15) is 6.54 Å².